The van der Waals surface area contributed by atoms with Crippen LogP contribution in [-0.4, -0.2) is 54.5 Å². The quantitative estimate of drug-likeness (QED) is 0.824. The first-order chi connectivity index (χ1) is 11.1. The van der Waals surface area contributed by atoms with Crippen molar-refractivity contribution in [2.24, 2.45) is 5.92 Å². The number of hydrogen-bond acceptors (Lipinski definition) is 4. The van der Waals surface area contributed by atoms with Gasteiger partial charge in [-0.2, -0.15) is 13.2 Å². The van der Waals surface area contributed by atoms with E-state index in [0.29, 0.717) is 25.2 Å². The van der Waals surface area contributed by atoms with Crippen molar-refractivity contribution in [2.75, 3.05) is 25.9 Å². The lowest BCUT2D eigenvalue weighted by Crippen LogP contribution is -2.43. The van der Waals surface area contributed by atoms with Gasteiger partial charge in [0.25, 0.3) is 0 Å². The number of piperidine rings is 1. The van der Waals surface area contributed by atoms with Crippen LogP contribution >= 0.6 is 0 Å². The minimum Gasteiger partial charge on any atom is -0.294 e. The number of aromatic nitrogens is 1. The molecule has 2 bridgehead atoms. The Labute approximate surface area is 139 Å². The average Bonchev–Trinajstić information content (AvgIpc) is 2.78. The lowest BCUT2D eigenvalue weighted by Gasteiger charge is -2.36. The SMILES string of the molecule is CS(=O)(=O)N1C[C@@H]2CC[C@H](C1)N(Cc1ccc(C(F)(F)F)nc1)C2. The Kier molecular flexibility index (Phi) is 4.61. The second kappa shape index (κ2) is 6.27. The Morgan fingerprint density at radius 3 is 2.54 bits per heavy atom. The van der Waals surface area contributed by atoms with Crippen molar-refractivity contribution in [1.29, 1.82) is 0 Å². The molecule has 3 aliphatic rings. The van der Waals surface area contributed by atoms with Gasteiger partial charge in [0.2, 0.25) is 10.0 Å². The monoisotopic (exact) mass is 363 g/mol. The van der Waals surface area contributed by atoms with Crippen LogP contribution in [0.2, 0.25) is 0 Å². The lowest BCUT2D eigenvalue weighted by molar-refractivity contribution is -0.141. The molecular weight excluding hydrogens is 343 g/mol. The van der Waals surface area contributed by atoms with Gasteiger partial charge < -0.3 is 0 Å². The van der Waals surface area contributed by atoms with E-state index in [9.17, 15) is 21.6 Å². The number of rotatable bonds is 3. The third-order valence-corrected chi connectivity index (χ3v) is 6.00. The highest BCUT2D eigenvalue weighted by molar-refractivity contribution is 7.88. The van der Waals surface area contributed by atoms with Crippen LogP contribution in [-0.2, 0) is 22.7 Å². The van der Waals surface area contributed by atoms with Crippen molar-refractivity contribution in [3.05, 3.63) is 29.6 Å². The number of halogens is 3. The van der Waals surface area contributed by atoms with E-state index in [2.05, 4.69) is 9.88 Å². The molecule has 1 aromatic heterocycles. The molecule has 0 N–H and O–H groups in total. The van der Waals surface area contributed by atoms with Crippen LogP contribution in [0.3, 0.4) is 0 Å². The van der Waals surface area contributed by atoms with E-state index in [1.807, 2.05) is 0 Å². The highest BCUT2D eigenvalue weighted by Crippen LogP contribution is 2.31. The lowest BCUT2D eigenvalue weighted by atomic mass is 9.94. The molecule has 5 nitrogen and oxygen atoms in total. The Bertz CT molecular complexity index is 691. The fraction of sp³-hybridized carbons (Fsp3) is 0.667. The van der Waals surface area contributed by atoms with Crippen molar-refractivity contribution >= 4 is 10.0 Å². The highest BCUT2D eigenvalue weighted by Gasteiger charge is 2.38. The fourth-order valence-electron chi connectivity index (χ4n) is 3.52. The molecule has 0 aliphatic carbocycles. The van der Waals surface area contributed by atoms with Crippen LogP contribution in [0.4, 0.5) is 13.2 Å². The minimum absolute atomic E-state index is 0.0979. The van der Waals surface area contributed by atoms with Gasteiger partial charge in [-0.15, -0.1) is 0 Å². The summed E-state index contributed by atoms with van der Waals surface area (Å²) < 4.78 is 62.9. The fourth-order valence-corrected chi connectivity index (χ4v) is 4.45. The van der Waals surface area contributed by atoms with E-state index < -0.39 is 21.9 Å². The Hall–Kier alpha value is -1.19. The van der Waals surface area contributed by atoms with Crippen molar-refractivity contribution in [3.63, 3.8) is 0 Å². The van der Waals surface area contributed by atoms with Crippen LogP contribution < -0.4 is 0 Å². The number of nitrogens with zero attached hydrogens (tertiary/aromatic N) is 3. The molecule has 0 unspecified atom stereocenters. The summed E-state index contributed by atoms with van der Waals surface area (Å²) in [6.45, 7) is 2.22. The van der Waals surface area contributed by atoms with Gasteiger partial charge >= 0.3 is 6.18 Å². The van der Waals surface area contributed by atoms with E-state index in [0.717, 1.165) is 25.5 Å². The smallest absolute Gasteiger partial charge is 0.294 e. The largest absolute Gasteiger partial charge is 0.433 e. The van der Waals surface area contributed by atoms with Crippen molar-refractivity contribution < 1.29 is 21.6 Å². The van der Waals surface area contributed by atoms with E-state index >= 15 is 0 Å². The molecule has 3 aliphatic heterocycles. The van der Waals surface area contributed by atoms with Gasteiger partial charge in [0.05, 0.1) is 6.26 Å². The number of sulfonamides is 1. The molecule has 134 valence electrons. The predicted molar refractivity (Wildman–Crippen MR) is 82.6 cm³/mol. The van der Waals surface area contributed by atoms with Crippen molar-refractivity contribution in [1.82, 2.24) is 14.2 Å². The van der Waals surface area contributed by atoms with Crippen LogP contribution in [0.5, 0.6) is 0 Å². The molecule has 24 heavy (non-hydrogen) atoms. The number of hydrogen-bond donors (Lipinski definition) is 0. The number of fused-ring (bicyclic) bond motifs is 4. The molecule has 0 aromatic carbocycles. The van der Waals surface area contributed by atoms with Gasteiger partial charge in [-0.25, -0.2) is 12.7 Å². The average molecular weight is 363 g/mol. The van der Waals surface area contributed by atoms with Crippen LogP contribution in [0.25, 0.3) is 0 Å². The Morgan fingerprint density at radius 2 is 1.96 bits per heavy atom. The zero-order chi connectivity index (χ0) is 17.5. The van der Waals surface area contributed by atoms with Crippen LogP contribution in [0.1, 0.15) is 24.1 Å². The maximum absolute atomic E-state index is 12.6. The van der Waals surface area contributed by atoms with Crippen LogP contribution in [0, 0.1) is 5.92 Å². The molecule has 3 saturated heterocycles. The molecule has 4 rings (SSSR count). The number of pyridine rings is 1. The summed E-state index contributed by atoms with van der Waals surface area (Å²) in [5.74, 6) is 0.265. The summed E-state index contributed by atoms with van der Waals surface area (Å²) in [5, 5.41) is 0. The standard InChI is InChI=1S/C15H20F3N3O2S/c1-24(22,23)21-9-12-2-4-13(10-21)20(8-12)7-11-3-5-14(19-6-11)15(16,17)18/h3,5-6,12-13H,2,4,7-10H2,1H3/t12-,13-/m1/s1. The molecule has 9 heteroatoms. The van der Waals surface area contributed by atoms with E-state index in [4.69, 9.17) is 0 Å². The summed E-state index contributed by atoms with van der Waals surface area (Å²) in [5.41, 5.74) is -0.187. The second-order valence-corrected chi connectivity index (χ2v) is 8.64. The Balaban J connectivity index is 1.72. The molecule has 1 aromatic rings. The second-order valence-electron chi connectivity index (χ2n) is 6.66. The third-order valence-electron chi connectivity index (χ3n) is 4.76. The molecule has 3 fully saturated rings. The van der Waals surface area contributed by atoms with Crippen molar-refractivity contribution in [3.8, 4) is 0 Å². The highest BCUT2D eigenvalue weighted by atomic mass is 32.2. The Morgan fingerprint density at radius 1 is 1.21 bits per heavy atom. The first-order valence-corrected chi connectivity index (χ1v) is 9.69. The molecule has 0 saturated carbocycles. The number of alkyl halides is 3. The maximum atomic E-state index is 12.6. The normalized spacial score (nSPS) is 26.5. The predicted octanol–water partition coefficient (Wildman–Crippen LogP) is 1.96. The topological polar surface area (TPSA) is 53.5 Å². The summed E-state index contributed by atoms with van der Waals surface area (Å²) >= 11 is 0. The van der Waals surface area contributed by atoms with Crippen LogP contribution in [0.15, 0.2) is 18.3 Å². The molecule has 0 radical (unpaired) electrons. The first kappa shape index (κ1) is 17.6. The van der Waals surface area contributed by atoms with E-state index in [-0.39, 0.29) is 12.0 Å². The molecule has 2 atom stereocenters. The summed E-state index contributed by atoms with van der Waals surface area (Å²) in [7, 11) is -3.22. The summed E-state index contributed by atoms with van der Waals surface area (Å²) in [6, 6.07) is 2.54. The first-order valence-electron chi connectivity index (χ1n) is 7.84. The summed E-state index contributed by atoms with van der Waals surface area (Å²) in [4.78, 5) is 5.67. The molecule has 0 spiro atoms. The van der Waals surface area contributed by atoms with Gasteiger partial charge in [0.1, 0.15) is 5.69 Å². The van der Waals surface area contributed by atoms with Gasteiger partial charge in [0, 0.05) is 38.4 Å². The van der Waals surface area contributed by atoms with Crippen molar-refractivity contribution in [2.45, 2.75) is 31.6 Å². The molecular formula is C15H20F3N3O2S. The van der Waals surface area contributed by atoms with E-state index in [1.54, 1.807) is 0 Å². The van der Waals surface area contributed by atoms with E-state index in [1.165, 1.54) is 22.8 Å². The van der Waals surface area contributed by atoms with Gasteiger partial charge in [-0.1, -0.05) is 6.07 Å². The zero-order valence-electron chi connectivity index (χ0n) is 13.3. The summed E-state index contributed by atoms with van der Waals surface area (Å²) in [6.07, 6.45) is -0.0585. The van der Waals surface area contributed by atoms with Gasteiger partial charge in [-0.05, 0) is 30.4 Å². The molecule has 0 amide bonds. The van der Waals surface area contributed by atoms with Gasteiger partial charge in [-0.3, -0.25) is 9.88 Å². The third kappa shape index (κ3) is 3.89. The van der Waals surface area contributed by atoms with Gasteiger partial charge in [0.15, 0.2) is 0 Å². The maximum Gasteiger partial charge on any atom is 0.433 e. The zero-order valence-corrected chi connectivity index (χ0v) is 14.1. The minimum atomic E-state index is -4.43. The molecule has 4 heterocycles.